The topological polar surface area (TPSA) is 70.8 Å². The minimum absolute atomic E-state index is 0.0419. The molecule has 0 radical (unpaired) electrons. The largest absolute Gasteiger partial charge is 0.390 e. The molecule has 1 saturated carbocycles. The van der Waals surface area contributed by atoms with Crippen molar-refractivity contribution in [1.29, 1.82) is 0 Å². The second-order valence-electron chi connectivity index (χ2n) is 9.22. The van der Waals surface area contributed by atoms with Crippen LogP contribution in [0, 0.1) is 5.92 Å². The highest BCUT2D eigenvalue weighted by Gasteiger charge is 2.37. The van der Waals surface area contributed by atoms with Crippen LogP contribution in [0.15, 0.2) is 28.9 Å². The summed E-state index contributed by atoms with van der Waals surface area (Å²) < 4.78 is 39.4. The van der Waals surface area contributed by atoms with Gasteiger partial charge in [-0.2, -0.15) is 18.3 Å². The number of amides is 2. The predicted molar refractivity (Wildman–Crippen MR) is 116 cm³/mol. The summed E-state index contributed by atoms with van der Waals surface area (Å²) in [7, 11) is 0. The van der Waals surface area contributed by atoms with Crippen LogP contribution < -0.4 is 0 Å². The summed E-state index contributed by atoms with van der Waals surface area (Å²) in [5.41, 5.74) is 3.34. The minimum Gasteiger partial charge on any atom is -0.339 e. The van der Waals surface area contributed by atoms with Crippen molar-refractivity contribution in [3.8, 4) is 0 Å². The lowest BCUT2D eigenvalue weighted by atomic mass is 9.84. The second-order valence-corrected chi connectivity index (χ2v) is 9.22. The third-order valence-electron chi connectivity index (χ3n) is 7.05. The van der Waals surface area contributed by atoms with Crippen LogP contribution in [0.4, 0.5) is 13.2 Å². The van der Waals surface area contributed by atoms with Gasteiger partial charge in [0.15, 0.2) is 0 Å². The van der Waals surface area contributed by atoms with E-state index in [-0.39, 0.29) is 24.4 Å². The number of carbonyl (C=O) groups is 2. The van der Waals surface area contributed by atoms with Gasteiger partial charge in [-0.15, -0.1) is 0 Å². The highest BCUT2D eigenvalue weighted by molar-refractivity contribution is 6.36. The molecule has 4 aliphatic rings. The molecule has 3 heterocycles. The van der Waals surface area contributed by atoms with Crippen LogP contribution in [0.5, 0.6) is 0 Å². The van der Waals surface area contributed by atoms with Gasteiger partial charge in [0.05, 0.1) is 41.5 Å². The number of aliphatic imine (C=N–C) groups is 1. The summed E-state index contributed by atoms with van der Waals surface area (Å²) in [5, 5.41) is 4.46. The van der Waals surface area contributed by atoms with Gasteiger partial charge in [-0.3, -0.25) is 19.2 Å². The number of allylic oxidation sites excluding steroid dienone is 2. The standard InChI is InChI=1S/C23H26F3N5O2/c1-14-11-19-17(20-18(21(32)28-19)13-27-31(20)15-3-2-4-15)12-16(14)22(33)30-9-7-29(8-10-30)6-5-23(24,25)26/h11-13,15-16H,2-10H2,1H3. The van der Waals surface area contributed by atoms with Gasteiger partial charge in [-0.05, 0) is 32.3 Å². The van der Waals surface area contributed by atoms with Gasteiger partial charge < -0.3 is 4.90 Å². The summed E-state index contributed by atoms with van der Waals surface area (Å²) in [6.45, 7) is 3.45. The molecule has 1 unspecified atom stereocenters. The van der Waals surface area contributed by atoms with Gasteiger partial charge in [-0.25, -0.2) is 4.99 Å². The van der Waals surface area contributed by atoms with Crippen molar-refractivity contribution in [3.63, 3.8) is 0 Å². The van der Waals surface area contributed by atoms with E-state index in [0.717, 1.165) is 36.1 Å². The molecule has 1 saturated heterocycles. The number of aromatic nitrogens is 2. The van der Waals surface area contributed by atoms with E-state index in [1.165, 1.54) is 0 Å². The maximum atomic E-state index is 13.4. The van der Waals surface area contributed by atoms with Gasteiger partial charge in [0.25, 0.3) is 5.91 Å². The number of fused-ring (bicyclic) bond motifs is 3. The number of nitrogens with zero attached hydrogens (tertiary/aromatic N) is 5. The average molecular weight is 461 g/mol. The quantitative estimate of drug-likeness (QED) is 0.690. The molecule has 2 fully saturated rings. The molecule has 0 bridgehead atoms. The van der Waals surface area contributed by atoms with Crippen molar-refractivity contribution >= 4 is 23.1 Å². The van der Waals surface area contributed by atoms with E-state index in [1.54, 1.807) is 22.1 Å². The van der Waals surface area contributed by atoms with Crippen molar-refractivity contribution in [2.45, 2.75) is 44.8 Å². The molecule has 33 heavy (non-hydrogen) atoms. The molecule has 1 aromatic rings. The van der Waals surface area contributed by atoms with Crippen LogP contribution in [-0.4, -0.2) is 76.0 Å². The van der Waals surface area contributed by atoms with Gasteiger partial charge in [0.2, 0.25) is 5.91 Å². The Kier molecular flexibility index (Phi) is 5.50. The summed E-state index contributed by atoms with van der Waals surface area (Å²) >= 11 is 0. The zero-order valence-corrected chi connectivity index (χ0v) is 18.4. The number of hydrogen-bond donors (Lipinski definition) is 0. The Morgan fingerprint density at radius 2 is 1.91 bits per heavy atom. The van der Waals surface area contributed by atoms with Gasteiger partial charge in [0.1, 0.15) is 0 Å². The average Bonchev–Trinajstić information content (AvgIpc) is 3.15. The molecule has 2 aliphatic heterocycles. The molecule has 10 heteroatoms. The smallest absolute Gasteiger partial charge is 0.339 e. The maximum Gasteiger partial charge on any atom is 0.390 e. The lowest BCUT2D eigenvalue weighted by Crippen LogP contribution is -2.51. The van der Waals surface area contributed by atoms with E-state index in [0.29, 0.717) is 37.5 Å². The molecule has 7 nitrogen and oxygen atoms in total. The number of carbonyl (C=O) groups excluding carboxylic acids is 2. The molecule has 5 rings (SSSR count). The number of alkyl halides is 3. The lowest BCUT2D eigenvalue weighted by Gasteiger charge is -2.37. The second kappa shape index (κ2) is 8.23. The fourth-order valence-electron chi connectivity index (χ4n) is 4.86. The normalized spacial score (nSPS) is 23.9. The Morgan fingerprint density at radius 3 is 2.55 bits per heavy atom. The van der Waals surface area contributed by atoms with Gasteiger partial charge in [0, 0.05) is 38.3 Å². The zero-order valence-electron chi connectivity index (χ0n) is 18.4. The molecular weight excluding hydrogens is 435 g/mol. The van der Waals surface area contributed by atoms with E-state index in [2.05, 4.69) is 10.1 Å². The van der Waals surface area contributed by atoms with Crippen LogP contribution in [-0.2, 0) is 4.79 Å². The van der Waals surface area contributed by atoms with Crippen LogP contribution in [0.2, 0.25) is 0 Å². The van der Waals surface area contributed by atoms with Gasteiger partial charge >= 0.3 is 6.18 Å². The highest BCUT2D eigenvalue weighted by atomic mass is 19.4. The van der Waals surface area contributed by atoms with Crippen LogP contribution in [0.25, 0.3) is 5.57 Å². The van der Waals surface area contributed by atoms with Crippen molar-refractivity contribution in [1.82, 2.24) is 19.6 Å². The molecule has 0 spiro atoms. The Labute approximate surface area is 189 Å². The third-order valence-corrected chi connectivity index (χ3v) is 7.05. The molecule has 176 valence electrons. The van der Waals surface area contributed by atoms with E-state index < -0.39 is 18.5 Å². The zero-order chi connectivity index (χ0) is 23.3. The summed E-state index contributed by atoms with van der Waals surface area (Å²) in [6, 6.07) is 0.257. The van der Waals surface area contributed by atoms with Crippen LogP contribution in [0.3, 0.4) is 0 Å². The van der Waals surface area contributed by atoms with Crippen LogP contribution in [0.1, 0.15) is 54.7 Å². The Hall–Kier alpha value is -2.75. The Bertz CT molecular complexity index is 1070. The number of piperazine rings is 1. The van der Waals surface area contributed by atoms with E-state index in [9.17, 15) is 22.8 Å². The van der Waals surface area contributed by atoms with Gasteiger partial charge in [-0.1, -0.05) is 11.6 Å². The first kappa shape index (κ1) is 22.1. The Balaban J connectivity index is 1.34. The fraction of sp³-hybridized carbons (Fsp3) is 0.565. The Morgan fingerprint density at radius 1 is 1.18 bits per heavy atom. The molecule has 0 aromatic carbocycles. The SMILES string of the molecule is CC1=CC2=NC(=O)c3cnn(C4CCC4)c3C2=CC1C(=O)N1CCN(CCC(F)(F)F)CC1. The van der Waals surface area contributed by atoms with E-state index >= 15 is 0 Å². The number of rotatable bonds is 4. The summed E-state index contributed by atoms with van der Waals surface area (Å²) in [4.78, 5) is 33.6. The monoisotopic (exact) mass is 461 g/mol. The summed E-state index contributed by atoms with van der Waals surface area (Å²) in [5.74, 6) is -0.878. The fourth-order valence-corrected chi connectivity index (χ4v) is 4.86. The highest BCUT2D eigenvalue weighted by Crippen LogP contribution is 2.39. The molecule has 1 atom stereocenters. The van der Waals surface area contributed by atoms with Crippen LogP contribution >= 0.6 is 0 Å². The first-order valence-electron chi connectivity index (χ1n) is 11.4. The first-order chi connectivity index (χ1) is 15.7. The molecule has 1 aromatic heterocycles. The summed E-state index contributed by atoms with van der Waals surface area (Å²) in [6.07, 6.45) is 3.40. The van der Waals surface area contributed by atoms with Crippen molar-refractivity contribution in [2.24, 2.45) is 10.9 Å². The van der Waals surface area contributed by atoms with E-state index in [4.69, 9.17) is 0 Å². The van der Waals surface area contributed by atoms with E-state index in [1.807, 2.05) is 17.7 Å². The number of halogens is 3. The van der Waals surface area contributed by atoms with Crippen molar-refractivity contribution in [2.75, 3.05) is 32.7 Å². The maximum absolute atomic E-state index is 13.4. The molecular formula is C23H26F3N5O2. The molecule has 2 aliphatic carbocycles. The molecule has 0 N–H and O–H groups in total. The lowest BCUT2D eigenvalue weighted by molar-refractivity contribution is -0.142. The predicted octanol–water partition coefficient (Wildman–Crippen LogP) is 3.26. The number of hydrogen-bond acceptors (Lipinski definition) is 4. The minimum atomic E-state index is -4.17. The first-order valence-corrected chi connectivity index (χ1v) is 11.4. The van der Waals surface area contributed by atoms with Crippen molar-refractivity contribution in [3.05, 3.63) is 35.2 Å². The molecule has 2 amide bonds. The van der Waals surface area contributed by atoms with Crippen molar-refractivity contribution < 1.29 is 22.8 Å². The third kappa shape index (κ3) is 4.16.